The second-order valence-corrected chi connectivity index (χ2v) is 3.75. The quantitative estimate of drug-likeness (QED) is 0.762. The first-order valence-electron chi connectivity index (χ1n) is 5.04. The van der Waals surface area contributed by atoms with E-state index in [1.165, 1.54) is 16.5 Å². The summed E-state index contributed by atoms with van der Waals surface area (Å²) in [6.07, 6.45) is 1.96. The number of hydrogen-bond acceptors (Lipinski definition) is 3. The summed E-state index contributed by atoms with van der Waals surface area (Å²) >= 11 is 0. The van der Waals surface area contributed by atoms with Gasteiger partial charge in [0.2, 0.25) is 0 Å². The molecule has 3 heteroatoms. The zero-order valence-corrected chi connectivity index (χ0v) is 8.58. The van der Waals surface area contributed by atoms with Gasteiger partial charge in [0.05, 0.1) is 12.6 Å². The maximum atomic E-state index is 5.23. The minimum atomic E-state index is 0.893. The van der Waals surface area contributed by atoms with Crippen molar-refractivity contribution in [3.8, 4) is 5.75 Å². The lowest BCUT2D eigenvalue weighted by Crippen LogP contribution is -2.00. The van der Waals surface area contributed by atoms with Gasteiger partial charge in [-0.2, -0.15) is 0 Å². The van der Waals surface area contributed by atoms with Crippen LogP contribution in [0, 0.1) is 0 Å². The monoisotopic (exact) mass is 200 g/mol. The summed E-state index contributed by atoms with van der Waals surface area (Å²) in [4.78, 5) is 4.43. The van der Waals surface area contributed by atoms with Crippen molar-refractivity contribution in [1.29, 1.82) is 0 Å². The molecule has 3 nitrogen and oxygen atoms in total. The van der Waals surface area contributed by atoms with Gasteiger partial charge in [0.25, 0.3) is 0 Å². The Morgan fingerprint density at radius 1 is 1.33 bits per heavy atom. The van der Waals surface area contributed by atoms with E-state index in [0.29, 0.717) is 0 Å². The molecule has 1 aliphatic rings. The van der Waals surface area contributed by atoms with Crippen molar-refractivity contribution < 1.29 is 4.74 Å². The lowest BCUT2D eigenvalue weighted by molar-refractivity contribution is 0.415. The van der Waals surface area contributed by atoms with Crippen LogP contribution in [0.1, 0.15) is 11.1 Å². The largest absolute Gasteiger partial charge is 0.497 e. The van der Waals surface area contributed by atoms with E-state index in [0.717, 1.165) is 24.4 Å². The third-order valence-corrected chi connectivity index (χ3v) is 2.89. The number of pyridine rings is 1. The van der Waals surface area contributed by atoms with Gasteiger partial charge in [-0.1, -0.05) is 0 Å². The first kappa shape index (κ1) is 8.68. The van der Waals surface area contributed by atoms with Gasteiger partial charge in [-0.3, -0.25) is 4.98 Å². The number of ether oxygens (including phenoxy) is 1. The molecule has 1 aliphatic heterocycles. The fraction of sp³-hybridized carbons (Fsp3) is 0.250. The predicted molar refractivity (Wildman–Crippen MR) is 58.8 cm³/mol. The number of hydrogen-bond donors (Lipinski definition) is 1. The highest BCUT2D eigenvalue weighted by Gasteiger charge is 2.14. The Kier molecular flexibility index (Phi) is 1.86. The van der Waals surface area contributed by atoms with E-state index in [9.17, 15) is 0 Å². The molecule has 76 valence electrons. The molecule has 0 unspecified atom stereocenters. The van der Waals surface area contributed by atoms with Crippen LogP contribution in [-0.2, 0) is 13.1 Å². The minimum Gasteiger partial charge on any atom is -0.497 e. The molecule has 0 radical (unpaired) electrons. The van der Waals surface area contributed by atoms with Crippen molar-refractivity contribution in [3.05, 3.63) is 35.5 Å². The van der Waals surface area contributed by atoms with E-state index in [4.69, 9.17) is 4.74 Å². The van der Waals surface area contributed by atoms with E-state index in [-0.39, 0.29) is 0 Å². The van der Waals surface area contributed by atoms with Gasteiger partial charge in [0, 0.05) is 24.7 Å². The Bertz CT molecular complexity index is 522. The van der Waals surface area contributed by atoms with Gasteiger partial charge >= 0.3 is 0 Å². The van der Waals surface area contributed by atoms with E-state index in [1.54, 1.807) is 7.11 Å². The van der Waals surface area contributed by atoms with Crippen molar-refractivity contribution in [1.82, 2.24) is 10.3 Å². The highest BCUT2D eigenvalue weighted by atomic mass is 16.5. The first-order valence-corrected chi connectivity index (χ1v) is 5.04. The van der Waals surface area contributed by atoms with E-state index in [2.05, 4.69) is 16.4 Å². The molecule has 2 heterocycles. The number of methoxy groups -OCH3 is 1. The summed E-state index contributed by atoms with van der Waals surface area (Å²) < 4.78 is 5.23. The Hall–Kier alpha value is -1.61. The van der Waals surface area contributed by atoms with Crippen LogP contribution in [0.2, 0.25) is 0 Å². The number of benzene rings is 1. The second kappa shape index (κ2) is 3.21. The summed E-state index contributed by atoms with van der Waals surface area (Å²) in [7, 11) is 1.69. The van der Waals surface area contributed by atoms with Gasteiger partial charge in [-0.15, -0.1) is 0 Å². The molecule has 3 rings (SSSR count). The average molecular weight is 200 g/mol. The van der Waals surface area contributed by atoms with Crippen molar-refractivity contribution in [2.24, 2.45) is 0 Å². The number of nitrogens with zero attached hydrogens (tertiary/aromatic N) is 1. The topological polar surface area (TPSA) is 34.1 Å². The van der Waals surface area contributed by atoms with Crippen molar-refractivity contribution >= 4 is 10.9 Å². The molecule has 1 aromatic carbocycles. The van der Waals surface area contributed by atoms with Crippen molar-refractivity contribution in [2.45, 2.75) is 13.1 Å². The molecule has 0 bridgehead atoms. The van der Waals surface area contributed by atoms with Crippen LogP contribution in [-0.4, -0.2) is 12.1 Å². The normalized spacial score (nSPS) is 14.2. The molecule has 2 aromatic rings. The van der Waals surface area contributed by atoms with E-state index >= 15 is 0 Å². The van der Waals surface area contributed by atoms with E-state index in [1.807, 2.05) is 18.3 Å². The molecule has 0 atom stereocenters. The molecule has 1 N–H and O–H groups in total. The minimum absolute atomic E-state index is 0.893. The molecular weight excluding hydrogens is 188 g/mol. The number of fused-ring (bicyclic) bond motifs is 3. The summed E-state index contributed by atoms with van der Waals surface area (Å²) in [5, 5.41) is 4.54. The second-order valence-electron chi connectivity index (χ2n) is 3.75. The molecule has 0 spiro atoms. The van der Waals surface area contributed by atoms with Crippen LogP contribution >= 0.6 is 0 Å². The summed E-state index contributed by atoms with van der Waals surface area (Å²) in [5.41, 5.74) is 3.70. The Morgan fingerprint density at radius 2 is 2.27 bits per heavy atom. The van der Waals surface area contributed by atoms with Crippen molar-refractivity contribution in [2.75, 3.05) is 7.11 Å². The molecule has 0 saturated heterocycles. The Labute approximate surface area is 88.1 Å². The van der Waals surface area contributed by atoms with Crippen LogP contribution in [0.3, 0.4) is 0 Å². The molecule has 15 heavy (non-hydrogen) atoms. The smallest absolute Gasteiger partial charge is 0.119 e. The number of nitrogens with one attached hydrogen (secondary N) is 1. The van der Waals surface area contributed by atoms with E-state index < -0.39 is 0 Å². The highest BCUT2D eigenvalue weighted by Crippen LogP contribution is 2.27. The fourth-order valence-corrected chi connectivity index (χ4v) is 2.08. The third kappa shape index (κ3) is 1.27. The van der Waals surface area contributed by atoms with Crippen LogP contribution in [0.15, 0.2) is 24.4 Å². The molecule has 0 amide bonds. The SMILES string of the molecule is COc1ccc2ncc3c(c2c1)CNC3. The average Bonchev–Trinajstić information content (AvgIpc) is 2.76. The van der Waals surface area contributed by atoms with Gasteiger partial charge < -0.3 is 10.1 Å². The van der Waals surface area contributed by atoms with Gasteiger partial charge in [0.1, 0.15) is 5.75 Å². The Balaban J connectivity index is 2.32. The summed E-state index contributed by atoms with van der Waals surface area (Å²) in [5.74, 6) is 0.893. The maximum Gasteiger partial charge on any atom is 0.119 e. The van der Waals surface area contributed by atoms with Gasteiger partial charge in [-0.25, -0.2) is 0 Å². The lowest BCUT2D eigenvalue weighted by atomic mass is 10.1. The molecular formula is C12H12N2O. The third-order valence-electron chi connectivity index (χ3n) is 2.89. The molecule has 1 aromatic heterocycles. The molecule has 0 saturated carbocycles. The zero-order valence-electron chi connectivity index (χ0n) is 8.58. The van der Waals surface area contributed by atoms with Crippen LogP contribution in [0.25, 0.3) is 10.9 Å². The number of rotatable bonds is 1. The standard InChI is InChI=1S/C12H12N2O/c1-15-9-2-3-12-10(4-9)11-7-13-5-8(11)6-14-12/h2-4,6,13H,5,7H2,1H3. The Morgan fingerprint density at radius 3 is 3.13 bits per heavy atom. The first-order chi connectivity index (χ1) is 7.38. The molecule has 0 fully saturated rings. The summed E-state index contributed by atoms with van der Waals surface area (Å²) in [6, 6.07) is 6.02. The van der Waals surface area contributed by atoms with Crippen LogP contribution in [0.5, 0.6) is 5.75 Å². The van der Waals surface area contributed by atoms with Gasteiger partial charge in [-0.05, 0) is 29.3 Å². The van der Waals surface area contributed by atoms with Crippen LogP contribution < -0.4 is 10.1 Å². The van der Waals surface area contributed by atoms with Crippen LogP contribution in [0.4, 0.5) is 0 Å². The predicted octanol–water partition coefficient (Wildman–Crippen LogP) is 1.85. The highest BCUT2D eigenvalue weighted by molar-refractivity contribution is 5.84. The summed E-state index contributed by atoms with van der Waals surface area (Å²) in [6.45, 7) is 1.86. The fourth-order valence-electron chi connectivity index (χ4n) is 2.08. The van der Waals surface area contributed by atoms with Crippen molar-refractivity contribution in [3.63, 3.8) is 0 Å². The zero-order chi connectivity index (χ0) is 10.3. The number of aromatic nitrogens is 1. The lowest BCUT2D eigenvalue weighted by Gasteiger charge is -2.05. The molecule has 0 aliphatic carbocycles. The maximum absolute atomic E-state index is 5.23. The van der Waals surface area contributed by atoms with Gasteiger partial charge in [0.15, 0.2) is 0 Å².